The number of benzene rings is 1. The van der Waals surface area contributed by atoms with Crippen molar-refractivity contribution in [2.45, 2.75) is 38.0 Å². The molecule has 0 fully saturated rings. The molecule has 0 aliphatic carbocycles. The van der Waals surface area contributed by atoms with Gasteiger partial charge in [-0.3, -0.25) is 19.5 Å². The van der Waals surface area contributed by atoms with Crippen LogP contribution in [0.2, 0.25) is 5.02 Å². The molecule has 3 aromatic heterocycles. The highest BCUT2D eigenvalue weighted by molar-refractivity contribution is 8.00. The van der Waals surface area contributed by atoms with Crippen molar-refractivity contribution in [3.63, 3.8) is 0 Å². The Morgan fingerprint density at radius 1 is 1.16 bits per heavy atom. The average molecular weight is 566 g/mol. The standard InChI is InChI=1S/C28H28ClN5O2S2/c1-28(2,3)26-24-25(21-8-5-13-37-21)38-17-23(36)33(16-22(35)31-15-18-9-11-30-12-10-18)27(24)34(32-26)20-7-4-6-19(29)14-20/h4-14,25H,15-17H2,1-3H3,(H,31,35)/t25-/m0/s1. The number of nitrogens with one attached hydrogen (secondary N) is 1. The first-order chi connectivity index (χ1) is 18.2. The quantitative estimate of drug-likeness (QED) is 0.321. The number of aromatic nitrogens is 3. The highest BCUT2D eigenvalue weighted by atomic mass is 35.5. The Kier molecular flexibility index (Phi) is 7.61. The molecule has 1 aliphatic rings. The van der Waals surface area contributed by atoms with Gasteiger partial charge in [0.05, 0.1) is 22.4 Å². The molecule has 5 rings (SSSR count). The number of hydrogen-bond donors (Lipinski definition) is 1. The molecule has 0 unspecified atom stereocenters. The number of fused-ring (bicyclic) bond motifs is 1. The summed E-state index contributed by atoms with van der Waals surface area (Å²) >= 11 is 9.61. The monoisotopic (exact) mass is 565 g/mol. The van der Waals surface area contributed by atoms with Crippen molar-refractivity contribution >= 4 is 52.3 Å². The summed E-state index contributed by atoms with van der Waals surface area (Å²) in [5.74, 6) is 0.466. The molecule has 0 bridgehead atoms. The minimum atomic E-state index is -0.313. The molecule has 4 aromatic rings. The van der Waals surface area contributed by atoms with Crippen molar-refractivity contribution in [2.24, 2.45) is 0 Å². The normalized spacial score (nSPS) is 15.7. The largest absolute Gasteiger partial charge is 0.350 e. The summed E-state index contributed by atoms with van der Waals surface area (Å²) in [7, 11) is 0. The number of carbonyl (C=O) groups excluding carboxylic acids is 2. The van der Waals surface area contributed by atoms with E-state index in [0.29, 0.717) is 17.4 Å². The Morgan fingerprint density at radius 3 is 2.63 bits per heavy atom. The molecule has 1 aliphatic heterocycles. The van der Waals surface area contributed by atoms with Crippen LogP contribution in [0, 0.1) is 0 Å². The molecule has 38 heavy (non-hydrogen) atoms. The maximum absolute atomic E-state index is 13.7. The number of thiophene rings is 1. The molecule has 4 heterocycles. The van der Waals surface area contributed by atoms with Crippen LogP contribution in [0.15, 0.2) is 66.3 Å². The molecular weight excluding hydrogens is 538 g/mol. The van der Waals surface area contributed by atoms with E-state index in [2.05, 4.69) is 37.1 Å². The minimum Gasteiger partial charge on any atom is -0.350 e. The van der Waals surface area contributed by atoms with Crippen molar-refractivity contribution in [2.75, 3.05) is 17.2 Å². The second-order valence-corrected chi connectivity index (χ2v) is 12.6. The van der Waals surface area contributed by atoms with Crippen LogP contribution < -0.4 is 10.2 Å². The van der Waals surface area contributed by atoms with E-state index in [1.165, 1.54) is 0 Å². The van der Waals surface area contributed by atoms with Gasteiger partial charge in [0.25, 0.3) is 0 Å². The lowest BCUT2D eigenvalue weighted by atomic mass is 9.88. The lowest BCUT2D eigenvalue weighted by Gasteiger charge is -2.24. The molecule has 0 spiro atoms. The smallest absolute Gasteiger partial charge is 0.240 e. The Hall–Kier alpha value is -3.14. The van der Waals surface area contributed by atoms with E-state index in [-0.39, 0.29) is 34.8 Å². The maximum atomic E-state index is 13.7. The molecule has 7 nitrogen and oxygen atoms in total. The van der Waals surface area contributed by atoms with Gasteiger partial charge < -0.3 is 5.32 Å². The summed E-state index contributed by atoms with van der Waals surface area (Å²) in [5.41, 5.74) is 3.19. The number of amides is 2. The first-order valence-corrected chi connectivity index (χ1v) is 14.5. The van der Waals surface area contributed by atoms with E-state index in [0.717, 1.165) is 27.4 Å². The number of hydrogen-bond acceptors (Lipinski definition) is 6. The average Bonchev–Trinajstić information content (AvgIpc) is 3.53. The van der Waals surface area contributed by atoms with Gasteiger partial charge in [-0.2, -0.15) is 5.10 Å². The molecule has 1 N–H and O–H groups in total. The fourth-order valence-electron chi connectivity index (χ4n) is 4.43. The van der Waals surface area contributed by atoms with Crippen molar-refractivity contribution in [3.8, 4) is 5.69 Å². The zero-order valence-corrected chi connectivity index (χ0v) is 23.7. The molecule has 1 atom stereocenters. The summed E-state index contributed by atoms with van der Waals surface area (Å²) in [6, 6.07) is 15.2. The Balaban J connectivity index is 1.63. The van der Waals surface area contributed by atoms with Crippen LogP contribution in [0.25, 0.3) is 5.69 Å². The highest BCUT2D eigenvalue weighted by Gasteiger charge is 2.40. The molecule has 196 valence electrons. The van der Waals surface area contributed by atoms with Crippen molar-refractivity contribution in [1.29, 1.82) is 0 Å². The van der Waals surface area contributed by atoms with Crippen molar-refractivity contribution < 1.29 is 9.59 Å². The third kappa shape index (κ3) is 5.50. The van der Waals surface area contributed by atoms with E-state index < -0.39 is 0 Å². The van der Waals surface area contributed by atoms with Gasteiger partial charge in [-0.15, -0.1) is 23.1 Å². The highest BCUT2D eigenvalue weighted by Crippen LogP contribution is 2.49. The van der Waals surface area contributed by atoms with Crippen LogP contribution in [-0.2, 0) is 21.5 Å². The third-order valence-corrected chi connectivity index (χ3v) is 8.75. The summed E-state index contributed by atoms with van der Waals surface area (Å²) in [4.78, 5) is 33.6. The van der Waals surface area contributed by atoms with Gasteiger partial charge in [-0.1, -0.05) is 44.5 Å². The number of anilines is 1. The number of rotatable bonds is 6. The van der Waals surface area contributed by atoms with E-state index in [9.17, 15) is 9.59 Å². The fourth-order valence-corrected chi connectivity index (χ4v) is 6.79. The second-order valence-electron chi connectivity index (χ2n) is 10.0. The van der Waals surface area contributed by atoms with Gasteiger partial charge in [0, 0.05) is 39.8 Å². The molecule has 2 amide bonds. The van der Waals surface area contributed by atoms with Crippen LogP contribution in [0.4, 0.5) is 5.82 Å². The predicted molar refractivity (Wildman–Crippen MR) is 154 cm³/mol. The Labute approximate surface area is 235 Å². The van der Waals surface area contributed by atoms with Gasteiger partial charge in [-0.25, -0.2) is 4.68 Å². The molecular formula is C28H28ClN5O2S2. The van der Waals surface area contributed by atoms with Crippen LogP contribution in [-0.4, -0.2) is 38.9 Å². The van der Waals surface area contributed by atoms with E-state index in [1.807, 2.05) is 41.8 Å². The van der Waals surface area contributed by atoms with Crippen LogP contribution in [0.1, 0.15) is 47.7 Å². The molecule has 0 saturated heterocycles. The first-order valence-electron chi connectivity index (χ1n) is 12.2. The topological polar surface area (TPSA) is 80.1 Å². The molecule has 10 heteroatoms. The number of nitrogens with zero attached hydrogens (tertiary/aromatic N) is 4. The minimum absolute atomic E-state index is 0.0963. The summed E-state index contributed by atoms with van der Waals surface area (Å²) < 4.78 is 1.78. The third-order valence-electron chi connectivity index (χ3n) is 6.19. The van der Waals surface area contributed by atoms with Crippen LogP contribution in [0.5, 0.6) is 0 Å². The lowest BCUT2D eigenvalue weighted by Crippen LogP contribution is -2.42. The predicted octanol–water partition coefficient (Wildman–Crippen LogP) is 5.77. The zero-order valence-electron chi connectivity index (χ0n) is 21.3. The molecule has 0 radical (unpaired) electrons. The van der Waals surface area contributed by atoms with Crippen molar-refractivity contribution in [3.05, 3.63) is 93.0 Å². The van der Waals surface area contributed by atoms with Gasteiger partial charge in [0.15, 0.2) is 0 Å². The Bertz CT molecular complexity index is 1450. The first kappa shape index (κ1) is 26.5. The van der Waals surface area contributed by atoms with Gasteiger partial charge >= 0.3 is 0 Å². The van der Waals surface area contributed by atoms with Crippen molar-refractivity contribution in [1.82, 2.24) is 20.1 Å². The summed E-state index contributed by atoms with van der Waals surface area (Å²) in [6.45, 7) is 6.58. The maximum Gasteiger partial charge on any atom is 0.240 e. The van der Waals surface area contributed by atoms with Gasteiger partial charge in [0.2, 0.25) is 11.8 Å². The van der Waals surface area contributed by atoms with E-state index in [1.54, 1.807) is 51.1 Å². The lowest BCUT2D eigenvalue weighted by molar-refractivity contribution is -0.123. The zero-order chi connectivity index (χ0) is 26.9. The fraction of sp³-hybridized carbons (Fsp3) is 0.286. The molecule has 0 saturated carbocycles. The summed E-state index contributed by atoms with van der Waals surface area (Å²) in [6.07, 6.45) is 3.37. The van der Waals surface area contributed by atoms with E-state index in [4.69, 9.17) is 16.7 Å². The van der Waals surface area contributed by atoms with Gasteiger partial charge in [0.1, 0.15) is 12.4 Å². The SMILES string of the molecule is CC(C)(C)c1nn(-c2cccc(Cl)c2)c2c1[C@H](c1cccs1)SCC(=O)N2CC(=O)NCc1ccncc1. The molecule has 1 aromatic carbocycles. The Morgan fingerprint density at radius 2 is 1.95 bits per heavy atom. The summed E-state index contributed by atoms with van der Waals surface area (Å²) in [5, 5.41) is 10.5. The van der Waals surface area contributed by atoms with E-state index >= 15 is 0 Å². The van der Waals surface area contributed by atoms with Crippen LogP contribution >= 0.6 is 34.7 Å². The second kappa shape index (κ2) is 10.9. The van der Waals surface area contributed by atoms with Gasteiger partial charge in [-0.05, 0) is 47.3 Å². The number of halogens is 1. The number of thioether (sulfide) groups is 1. The van der Waals surface area contributed by atoms with Crippen LogP contribution in [0.3, 0.4) is 0 Å². The number of carbonyl (C=O) groups is 2. The number of pyridine rings is 1.